The Morgan fingerprint density at radius 1 is 1.10 bits per heavy atom. The van der Waals surface area contributed by atoms with Crippen molar-refractivity contribution in [2.75, 3.05) is 14.2 Å². The molecule has 0 saturated carbocycles. The normalized spacial score (nSPS) is 11.7. The smallest absolute Gasteiger partial charge is 0.387 e. The van der Waals surface area contributed by atoms with Crippen LogP contribution in [0.3, 0.4) is 0 Å². The Balaban J connectivity index is 2.09. The number of ether oxygens (including phenoxy) is 2. The third-order valence-corrected chi connectivity index (χ3v) is 4.53. The summed E-state index contributed by atoms with van der Waals surface area (Å²) in [6.07, 6.45) is 0.0862. The van der Waals surface area contributed by atoms with Gasteiger partial charge >= 0.3 is 6.61 Å². The summed E-state index contributed by atoms with van der Waals surface area (Å²) in [7, 11) is 2.99. The zero-order chi connectivity index (χ0) is 22.3. The van der Waals surface area contributed by atoms with Crippen molar-refractivity contribution in [1.82, 2.24) is 10.2 Å². The number of nitrogens with one attached hydrogen (secondary N) is 1. The molecule has 0 aromatic heterocycles. The van der Waals surface area contributed by atoms with Crippen LogP contribution in [-0.4, -0.2) is 37.5 Å². The van der Waals surface area contributed by atoms with Crippen molar-refractivity contribution < 1.29 is 27.8 Å². The number of carbonyl (C=O) groups is 2. The molecule has 0 heterocycles. The largest absolute Gasteiger partial charge is 0.493 e. The molecular weight excluding hydrogens is 394 g/mol. The van der Waals surface area contributed by atoms with Crippen molar-refractivity contribution in [1.29, 1.82) is 0 Å². The van der Waals surface area contributed by atoms with Crippen LogP contribution in [0.2, 0.25) is 0 Å². The maximum absolute atomic E-state index is 12.8. The van der Waals surface area contributed by atoms with Crippen LogP contribution in [0.1, 0.15) is 36.1 Å². The number of methoxy groups -OCH3 is 1. The number of aryl methyl sites for hydroxylation is 1. The van der Waals surface area contributed by atoms with Crippen molar-refractivity contribution in [3.63, 3.8) is 0 Å². The van der Waals surface area contributed by atoms with Gasteiger partial charge in [-0.2, -0.15) is 8.78 Å². The number of nitrogens with zero attached hydrogens (tertiary/aromatic N) is 1. The van der Waals surface area contributed by atoms with E-state index in [2.05, 4.69) is 10.1 Å². The molecule has 2 amide bonds. The number of hydrogen-bond donors (Lipinski definition) is 1. The number of hydrogen-bond acceptors (Lipinski definition) is 4. The topological polar surface area (TPSA) is 67.9 Å². The molecule has 1 N–H and O–H groups in total. The van der Waals surface area contributed by atoms with Gasteiger partial charge in [0.2, 0.25) is 11.8 Å². The summed E-state index contributed by atoms with van der Waals surface area (Å²) in [5.41, 5.74) is 2.61. The van der Waals surface area contributed by atoms with Gasteiger partial charge in [0.05, 0.1) is 19.6 Å². The van der Waals surface area contributed by atoms with E-state index < -0.39 is 12.7 Å². The molecular formula is C22H26F2N2O4. The lowest BCUT2D eigenvalue weighted by atomic mass is 10.0. The molecule has 0 radical (unpaired) electrons. The fourth-order valence-corrected chi connectivity index (χ4v) is 2.99. The fourth-order valence-electron chi connectivity index (χ4n) is 2.99. The van der Waals surface area contributed by atoms with Crippen molar-refractivity contribution in [3.05, 3.63) is 59.2 Å². The minimum Gasteiger partial charge on any atom is -0.493 e. The first-order chi connectivity index (χ1) is 14.2. The minimum atomic E-state index is -2.96. The Morgan fingerprint density at radius 2 is 1.77 bits per heavy atom. The average molecular weight is 420 g/mol. The first-order valence-corrected chi connectivity index (χ1v) is 9.39. The number of rotatable bonds is 9. The zero-order valence-electron chi connectivity index (χ0n) is 17.4. The van der Waals surface area contributed by atoms with Gasteiger partial charge in [0.15, 0.2) is 11.5 Å². The van der Waals surface area contributed by atoms with E-state index in [1.807, 2.05) is 31.2 Å². The number of amides is 2. The van der Waals surface area contributed by atoms with Gasteiger partial charge in [-0.1, -0.05) is 35.9 Å². The Labute approximate surface area is 174 Å². The van der Waals surface area contributed by atoms with Crippen molar-refractivity contribution >= 4 is 11.8 Å². The van der Waals surface area contributed by atoms with E-state index >= 15 is 0 Å². The predicted molar refractivity (Wildman–Crippen MR) is 108 cm³/mol. The van der Waals surface area contributed by atoms with Crippen LogP contribution < -0.4 is 14.8 Å². The van der Waals surface area contributed by atoms with Gasteiger partial charge < -0.3 is 19.7 Å². The van der Waals surface area contributed by atoms with E-state index in [1.54, 1.807) is 19.2 Å². The second-order valence-corrected chi connectivity index (χ2v) is 6.98. The van der Waals surface area contributed by atoms with Crippen LogP contribution >= 0.6 is 0 Å². The third kappa shape index (κ3) is 6.72. The molecule has 30 heavy (non-hydrogen) atoms. The maximum Gasteiger partial charge on any atom is 0.387 e. The van der Waals surface area contributed by atoms with Crippen molar-refractivity contribution in [2.24, 2.45) is 0 Å². The van der Waals surface area contributed by atoms with E-state index in [0.29, 0.717) is 5.56 Å². The van der Waals surface area contributed by atoms with Crippen LogP contribution in [0.15, 0.2) is 42.5 Å². The van der Waals surface area contributed by atoms with Gasteiger partial charge in [0, 0.05) is 20.5 Å². The predicted octanol–water partition coefficient (Wildman–Crippen LogP) is 3.83. The van der Waals surface area contributed by atoms with Gasteiger partial charge in [0.25, 0.3) is 0 Å². The lowest BCUT2D eigenvalue weighted by Gasteiger charge is -2.23. The van der Waals surface area contributed by atoms with E-state index in [1.165, 1.54) is 25.0 Å². The molecule has 2 aromatic carbocycles. The van der Waals surface area contributed by atoms with Gasteiger partial charge in [-0.05, 0) is 30.2 Å². The minimum absolute atomic E-state index is 0.0738. The van der Waals surface area contributed by atoms with Crippen LogP contribution in [0.5, 0.6) is 11.5 Å². The Morgan fingerprint density at radius 3 is 2.33 bits per heavy atom. The summed E-state index contributed by atoms with van der Waals surface area (Å²) in [6.45, 7) is 0.652. The van der Waals surface area contributed by atoms with Gasteiger partial charge in [-0.15, -0.1) is 0 Å². The monoisotopic (exact) mass is 420 g/mol. The molecule has 0 fully saturated rings. The molecule has 0 saturated heterocycles. The Kier molecular flexibility index (Phi) is 8.15. The average Bonchev–Trinajstić information content (AvgIpc) is 2.68. The van der Waals surface area contributed by atoms with Gasteiger partial charge in [0.1, 0.15) is 0 Å². The summed E-state index contributed by atoms with van der Waals surface area (Å²) in [5, 5.41) is 2.82. The third-order valence-electron chi connectivity index (χ3n) is 4.53. The summed E-state index contributed by atoms with van der Waals surface area (Å²) < 4.78 is 34.4. The summed E-state index contributed by atoms with van der Waals surface area (Å²) in [6, 6.07) is 11.7. The van der Waals surface area contributed by atoms with Crippen LogP contribution in [0.25, 0.3) is 0 Å². The molecule has 2 aromatic rings. The Hall–Kier alpha value is -3.16. The number of alkyl halides is 2. The van der Waals surface area contributed by atoms with E-state index in [4.69, 9.17) is 4.74 Å². The molecule has 0 bridgehead atoms. The molecule has 0 aliphatic heterocycles. The summed E-state index contributed by atoms with van der Waals surface area (Å²) in [5.74, 6) is -0.323. The number of benzene rings is 2. The van der Waals surface area contributed by atoms with Crippen LogP contribution in [-0.2, 0) is 16.1 Å². The molecule has 8 heteroatoms. The summed E-state index contributed by atoms with van der Waals surface area (Å²) >= 11 is 0. The quantitative estimate of drug-likeness (QED) is 0.670. The second kappa shape index (κ2) is 10.6. The SMILES string of the molecule is COc1cc(CN(C)C(=O)CC(NC(C)=O)c2ccc(C)cc2)ccc1OC(F)F. The lowest BCUT2D eigenvalue weighted by Crippen LogP contribution is -2.33. The fraction of sp³-hybridized carbons (Fsp3) is 0.364. The first-order valence-electron chi connectivity index (χ1n) is 9.39. The lowest BCUT2D eigenvalue weighted by molar-refractivity contribution is -0.131. The molecule has 0 aliphatic carbocycles. The highest BCUT2D eigenvalue weighted by Gasteiger charge is 2.20. The zero-order valence-corrected chi connectivity index (χ0v) is 17.4. The maximum atomic E-state index is 12.8. The van der Waals surface area contributed by atoms with Gasteiger partial charge in [-0.25, -0.2) is 0 Å². The van der Waals surface area contributed by atoms with Crippen molar-refractivity contribution in [2.45, 2.75) is 39.5 Å². The molecule has 0 spiro atoms. The van der Waals surface area contributed by atoms with E-state index in [-0.39, 0.29) is 36.3 Å². The van der Waals surface area contributed by atoms with Crippen LogP contribution in [0, 0.1) is 6.92 Å². The van der Waals surface area contributed by atoms with Crippen molar-refractivity contribution in [3.8, 4) is 11.5 Å². The Bertz CT molecular complexity index is 872. The molecule has 2 rings (SSSR count). The summed E-state index contributed by atoms with van der Waals surface area (Å²) in [4.78, 5) is 25.9. The molecule has 1 atom stereocenters. The van der Waals surface area contributed by atoms with Gasteiger partial charge in [-0.3, -0.25) is 9.59 Å². The highest BCUT2D eigenvalue weighted by molar-refractivity contribution is 5.79. The van der Waals surface area contributed by atoms with E-state index in [0.717, 1.165) is 11.1 Å². The first kappa shape index (κ1) is 23.1. The number of carbonyl (C=O) groups excluding carboxylic acids is 2. The molecule has 162 valence electrons. The van der Waals surface area contributed by atoms with Crippen LogP contribution in [0.4, 0.5) is 8.78 Å². The number of halogens is 2. The molecule has 0 aliphatic rings. The highest BCUT2D eigenvalue weighted by Crippen LogP contribution is 2.30. The standard InChI is InChI=1S/C22H26F2N2O4/c1-14-5-8-17(9-6-14)18(25-15(2)27)12-21(28)26(3)13-16-7-10-19(30-22(23)24)20(11-16)29-4/h5-11,18,22H,12-13H2,1-4H3,(H,25,27). The second-order valence-electron chi connectivity index (χ2n) is 6.98. The molecule has 6 nitrogen and oxygen atoms in total. The van der Waals surface area contributed by atoms with E-state index in [9.17, 15) is 18.4 Å². The molecule has 1 unspecified atom stereocenters. The highest BCUT2D eigenvalue weighted by atomic mass is 19.3.